The maximum Gasteiger partial charge on any atom is 0.251 e. The van der Waals surface area contributed by atoms with Crippen molar-refractivity contribution >= 4 is 32.4 Å². The molecule has 1 aromatic heterocycles. The first-order valence-electron chi connectivity index (χ1n) is 6.69. The van der Waals surface area contributed by atoms with Gasteiger partial charge in [0.05, 0.1) is 5.52 Å². The number of aliphatic hydroxyl groups excluding tert-OH is 1. The zero-order chi connectivity index (χ0) is 15.2. The highest BCUT2D eigenvalue weighted by atomic mass is 79.9. The average molecular weight is 357 g/mol. The summed E-state index contributed by atoms with van der Waals surface area (Å²) < 4.78 is 27.3. The number of aromatic amines is 1. The number of allylic oxidation sites excluding steroid dienone is 2. The lowest BCUT2D eigenvalue weighted by molar-refractivity contribution is -0.00605. The Kier molecular flexibility index (Phi) is 3.63. The predicted octanol–water partition coefficient (Wildman–Crippen LogP) is 4.08. The Hall–Kier alpha value is -1.24. The fourth-order valence-electron chi connectivity index (χ4n) is 2.66. The van der Waals surface area contributed by atoms with E-state index >= 15 is 0 Å². The van der Waals surface area contributed by atoms with Crippen molar-refractivity contribution < 1.29 is 13.9 Å². The van der Waals surface area contributed by atoms with Crippen LogP contribution in [0.1, 0.15) is 36.7 Å². The SMILES string of the molecule is NC(O)c1ccc(Br)c2cc(C3=CCC(F)(F)CC3)[nH]c12. The second-order valence-electron chi connectivity index (χ2n) is 5.34. The highest BCUT2D eigenvalue weighted by molar-refractivity contribution is 9.10. The van der Waals surface area contributed by atoms with Crippen LogP contribution < -0.4 is 5.73 Å². The Morgan fingerprint density at radius 1 is 1.38 bits per heavy atom. The zero-order valence-corrected chi connectivity index (χ0v) is 12.8. The number of aliphatic hydroxyl groups is 1. The van der Waals surface area contributed by atoms with Gasteiger partial charge >= 0.3 is 0 Å². The normalized spacial score (nSPS) is 19.6. The summed E-state index contributed by atoms with van der Waals surface area (Å²) in [6.45, 7) is 0. The number of nitrogens with one attached hydrogen (secondary N) is 1. The molecule has 1 heterocycles. The van der Waals surface area contributed by atoms with E-state index in [-0.39, 0.29) is 12.8 Å². The topological polar surface area (TPSA) is 62.0 Å². The number of benzene rings is 1. The molecule has 1 atom stereocenters. The van der Waals surface area contributed by atoms with Crippen molar-refractivity contribution in [2.45, 2.75) is 31.4 Å². The van der Waals surface area contributed by atoms with Crippen LogP contribution in [-0.4, -0.2) is 16.0 Å². The maximum absolute atomic E-state index is 13.2. The van der Waals surface area contributed by atoms with Crippen molar-refractivity contribution in [1.29, 1.82) is 0 Å². The lowest BCUT2D eigenvalue weighted by Crippen LogP contribution is -2.18. The molecule has 6 heteroatoms. The first-order valence-corrected chi connectivity index (χ1v) is 7.49. The van der Waals surface area contributed by atoms with Gasteiger partial charge in [0.2, 0.25) is 0 Å². The van der Waals surface area contributed by atoms with Gasteiger partial charge in [-0.15, -0.1) is 0 Å². The summed E-state index contributed by atoms with van der Waals surface area (Å²) in [4.78, 5) is 3.20. The molecule has 0 amide bonds. The zero-order valence-electron chi connectivity index (χ0n) is 11.2. The van der Waals surface area contributed by atoms with Crippen molar-refractivity contribution in [3.05, 3.63) is 40.0 Å². The van der Waals surface area contributed by atoms with Crippen LogP contribution in [0.15, 0.2) is 28.7 Å². The van der Waals surface area contributed by atoms with Crippen LogP contribution in [0.3, 0.4) is 0 Å². The van der Waals surface area contributed by atoms with Crippen molar-refractivity contribution in [1.82, 2.24) is 4.98 Å². The van der Waals surface area contributed by atoms with Crippen LogP contribution >= 0.6 is 15.9 Å². The van der Waals surface area contributed by atoms with E-state index in [0.717, 1.165) is 26.6 Å². The third-order valence-corrected chi connectivity index (χ3v) is 4.54. The third-order valence-electron chi connectivity index (χ3n) is 3.84. The monoisotopic (exact) mass is 356 g/mol. The lowest BCUT2D eigenvalue weighted by Gasteiger charge is -2.20. The van der Waals surface area contributed by atoms with Crippen LogP contribution in [0.25, 0.3) is 16.5 Å². The smallest absolute Gasteiger partial charge is 0.251 e. The molecule has 0 spiro atoms. The van der Waals surface area contributed by atoms with Gasteiger partial charge in [0.15, 0.2) is 0 Å². The van der Waals surface area contributed by atoms with E-state index in [2.05, 4.69) is 20.9 Å². The number of aromatic nitrogens is 1. The molecule has 1 aliphatic carbocycles. The largest absolute Gasteiger partial charge is 0.374 e. The molecule has 0 saturated carbocycles. The Morgan fingerprint density at radius 3 is 2.76 bits per heavy atom. The van der Waals surface area contributed by atoms with E-state index in [1.54, 1.807) is 12.1 Å². The van der Waals surface area contributed by atoms with Crippen LogP contribution in [0, 0.1) is 0 Å². The lowest BCUT2D eigenvalue weighted by atomic mass is 9.94. The van der Waals surface area contributed by atoms with Gasteiger partial charge in [-0.05, 0) is 24.1 Å². The number of halogens is 3. The number of H-pyrrole nitrogens is 1. The number of hydrogen-bond acceptors (Lipinski definition) is 2. The quantitative estimate of drug-likeness (QED) is 0.709. The Morgan fingerprint density at radius 2 is 2.14 bits per heavy atom. The van der Waals surface area contributed by atoms with Crippen LogP contribution in [0.4, 0.5) is 8.78 Å². The fraction of sp³-hybridized carbons (Fsp3) is 0.333. The molecule has 1 unspecified atom stereocenters. The van der Waals surface area contributed by atoms with Crippen LogP contribution in [-0.2, 0) is 0 Å². The highest BCUT2D eigenvalue weighted by Gasteiger charge is 2.31. The molecule has 0 bridgehead atoms. The number of rotatable bonds is 2. The Bertz CT molecular complexity index is 722. The number of alkyl halides is 2. The van der Waals surface area contributed by atoms with E-state index in [1.165, 1.54) is 0 Å². The molecule has 112 valence electrons. The standard InChI is InChI=1S/C15H15BrF2N2O/c16-11-2-1-9(14(19)21)13-10(11)7-12(20-13)8-3-5-15(17,18)6-4-8/h1-3,7,14,20-21H,4-6,19H2. The Balaban J connectivity index is 2.08. The van der Waals surface area contributed by atoms with Crippen LogP contribution in [0.5, 0.6) is 0 Å². The van der Waals surface area contributed by atoms with Gasteiger partial charge in [0, 0.05) is 34.0 Å². The molecular weight excluding hydrogens is 342 g/mol. The Labute approximate surface area is 129 Å². The summed E-state index contributed by atoms with van der Waals surface area (Å²) >= 11 is 3.45. The highest BCUT2D eigenvalue weighted by Crippen LogP contribution is 2.38. The van der Waals surface area contributed by atoms with Gasteiger partial charge in [0.25, 0.3) is 5.92 Å². The number of hydrogen-bond donors (Lipinski definition) is 3. The van der Waals surface area contributed by atoms with Gasteiger partial charge in [0.1, 0.15) is 6.23 Å². The van der Waals surface area contributed by atoms with Gasteiger partial charge in [-0.25, -0.2) is 8.78 Å². The van der Waals surface area contributed by atoms with E-state index < -0.39 is 12.2 Å². The van der Waals surface area contributed by atoms with E-state index in [4.69, 9.17) is 5.73 Å². The maximum atomic E-state index is 13.2. The third kappa shape index (κ3) is 2.75. The second-order valence-corrected chi connectivity index (χ2v) is 6.20. The van der Waals surface area contributed by atoms with E-state index in [1.807, 2.05) is 12.1 Å². The molecule has 1 aromatic carbocycles. The number of nitrogens with two attached hydrogens (primary N) is 1. The molecule has 2 aromatic rings. The van der Waals surface area contributed by atoms with Gasteiger partial charge in [-0.1, -0.05) is 28.1 Å². The number of fused-ring (bicyclic) bond motifs is 1. The molecule has 1 aliphatic rings. The van der Waals surface area contributed by atoms with E-state index in [0.29, 0.717) is 12.0 Å². The molecule has 0 saturated heterocycles. The van der Waals surface area contributed by atoms with Crippen molar-refractivity contribution in [2.75, 3.05) is 0 Å². The molecule has 0 fully saturated rings. The summed E-state index contributed by atoms with van der Waals surface area (Å²) in [5.74, 6) is -2.60. The molecule has 21 heavy (non-hydrogen) atoms. The summed E-state index contributed by atoms with van der Waals surface area (Å²) in [6, 6.07) is 5.45. The molecule has 0 aliphatic heterocycles. The summed E-state index contributed by atoms with van der Waals surface area (Å²) in [5.41, 5.74) is 8.55. The summed E-state index contributed by atoms with van der Waals surface area (Å²) in [7, 11) is 0. The van der Waals surface area contributed by atoms with Crippen molar-refractivity contribution in [3.8, 4) is 0 Å². The minimum atomic E-state index is -2.60. The first-order chi connectivity index (χ1) is 9.87. The van der Waals surface area contributed by atoms with Crippen molar-refractivity contribution in [2.24, 2.45) is 5.73 Å². The minimum absolute atomic E-state index is 0.137. The summed E-state index contributed by atoms with van der Waals surface area (Å²) in [5, 5.41) is 10.5. The predicted molar refractivity (Wildman–Crippen MR) is 81.9 cm³/mol. The fourth-order valence-corrected chi connectivity index (χ4v) is 3.11. The van der Waals surface area contributed by atoms with Crippen molar-refractivity contribution in [3.63, 3.8) is 0 Å². The van der Waals surface area contributed by atoms with Gasteiger partial charge in [-0.3, -0.25) is 0 Å². The van der Waals surface area contributed by atoms with Gasteiger partial charge in [-0.2, -0.15) is 0 Å². The first kappa shape index (κ1) is 14.7. The molecule has 3 rings (SSSR count). The molecule has 4 N–H and O–H groups in total. The summed E-state index contributed by atoms with van der Waals surface area (Å²) in [6.07, 6.45) is 0.461. The van der Waals surface area contributed by atoms with Crippen LogP contribution in [0.2, 0.25) is 0 Å². The molecule has 3 nitrogen and oxygen atoms in total. The molecule has 0 radical (unpaired) electrons. The van der Waals surface area contributed by atoms with Gasteiger partial charge < -0.3 is 15.8 Å². The van der Waals surface area contributed by atoms with E-state index in [9.17, 15) is 13.9 Å². The molecular formula is C15H15BrF2N2O. The average Bonchev–Trinajstić information content (AvgIpc) is 2.84. The minimum Gasteiger partial charge on any atom is -0.374 e. The second kappa shape index (κ2) is 5.19.